The van der Waals surface area contributed by atoms with Crippen molar-refractivity contribution in [2.75, 3.05) is 19.7 Å². The van der Waals surface area contributed by atoms with Crippen LogP contribution in [0.4, 0.5) is 13.2 Å². The van der Waals surface area contributed by atoms with Crippen LogP contribution in [0.15, 0.2) is 48.5 Å². The first kappa shape index (κ1) is 30.1. The number of benzene rings is 2. The van der Waals surface area contributed by atoms with Crippen LogP contribution in [0.1, 0.15) is 39.6 Å². The van der Waals surface area contributed by atoms with E-state index in [-0.39, 0.29) is 54.3 Å². The molecule has 0 radical (unpaired) electrons. The van der Waals surface area contributed by atoms with E-state index < -0.39 is 23.4 Å². The summed E-state index contributed by atoms with van der Waals surface area (Å²) in [6.45, 7) is 2.08. The average Bonchev–Trinajstić information content (AvgIpc) is 3.55. The SMILES string of the molecule is N#Cc1ccc(OCc2nc(C3=CCN(Cc4nc5c(F)cc(C(=O)O)cc5n4C[C@@H]4CCO4)C3)ccc2F)c(F)c1.S. The first-order valence-corrected chi connectivity index (χ1v) is 13.2. The molecular formula is C30H26F3N5O4S. The Balaban J connectivity index is 0.00000368. The van der Waals surface area contributed by atoms with E-state index in [1.54, 1.807) is 6.07 Å². The van der Waals surface area contributed by atoms with Crippen molar-refractivity contribution in [3.63, 3.8) is 0 Å². The smallest absolute Gasteiger partial charge is 0.335 e. The molecule has 2 aromatic heterocycles. The van der Waals surface area contributed by atoms with Gasteiger partial charge in [0.15, 0.2) is 17.4 Å². The van der Waals surface area contributed by atoms with Crippen molar-refractivity contribution < 1.29 is 32.5 Å². The molecule has 0 saturated carbocycles. The van der Waals surface area contributed by atoms with Gasteiger partial charge < -0.3 is 19.1 Å². The zero-order chi connectivity index (χ0) is 29.4. The van der Waals surface area contributed by atoms with Gasteiger partial charge in [0.1, 0.15) is 29.5 Å². The van der Waals surface area contributed by atoms with Crippen molar-refractivity contribution in [1.29, 1.82) is 5.26 Å². The van der Waals surface area contributed by atoms with Crippen LogP contribution in [0.3, 0.4) is 0 Å². The molecule has 222 valence electrons. The molecule has 4 aromatic rings. The first-order chi connectivity index (χ1) is 20.3. The molecule has 0 amide bonds. The Hall–Kier alpha value is -4.38. The minimum atomic E-state index is -1.23. The van der Waals surface area contributed by atoms with Gasteiger partial charge in [-0.2, -0.15) is 18.8 Å². The lowest BCUT2D eigenvalue weighted by molar-refractivity contribution is -0.0591. The molecule has 1 N–H and O–H groups in total. The molecule has 2 aliphatic heterocycles. The van der Waals surface area contributed by atoms with Crippen LogP contribution in [0.5, 0.6) is 5.75 Å². The van der Waals surface area contributed by atoms with E-state index in [2.05, 4.69) is 14.9 Å². The molecule has 0 spiro atoms. The number of carbonyl (C=O) groups is 1. The number of imidazole rings is 1. The van der Waals surface area contributed by atoms with Gasteiger partial charge in [-0.15, -0.1) is 0 Å². The van der Waals surface area contributed by atoms with E-state index in [1.165, 1.54) is 24.3 Å². The van der Waals surface area contributed by atoms with E-state index in [4.69, 9.17) is 14.7 Å². The monoisotopic (exact) mass is 609 g/mol. The summed E-state index contributed by atoms with van der Waals surface area (Å²) in [6, 6.07) is 10.8. The highest BCUT2D eigenvalue weighted by atomic mass is 32.1. The molecule has 1 fully saturated rings. The number of rotatable bonds is 9. The summed E-state index contributed by atoms with van der Waals surface area (Å²) in [5.41, 5.74) is 1.86. The highest BCUT2D eigenvalue weighted by molar-refractivity contribution is 7.59. The second kappa shape index (κ2) is 12.5. The number of ether oxygens (including phenoxy) is 2. The van der Waals surface area contributed by atoms with Gasteiger partial charge in [-0.3, -0.25) is 4.90 Å². The number of hydrogen-bond donors (Lipinski definition) is 1. The van der Waals surface area contributed by atoms with E-state index in [0.717, 1.165) is 24.1 Å². The summed E-state index contributed by atoms with van der Waals surface area (Å²) in [4.78, 5) is 22.5. The molecule has 0 aliphatic carbocycles. The van der Waals surface area contributed by atoms with Crippen molar-refractivity contribution in [1.82, 2.24) is 19.4 Å². The third-order valence-corrected chi connectivity index (χ3v) is 7.34. The quantitative estimate of drug-likeness (QED) is 0.288. The third-order valence-electron chi connectivity index (χ3n) is 7.34. The van der Waals surface area contributed by atoms with Crippen LogP contribution in [0.25, 0.3) is 16.6 Å². The maximum atomic E-state index is 14.9. The molecule has 4 heterocycles. The lowest BCUT2D eigenvalue weighted by Gasteiger charge is -2.28. The molecular weight excluding hydrogens is 583 g/mol. The van der Waals surface area contributed by atoms with Crippen molar-refractivity contribution in [2.45, 2.75) is 32.2 Å². The van der Waals surface area contributed by atoms with Crippen LogP contribution in [-0.2, 0) is 24.4 Å². The number of pyridine rings is 1. The minimum Gasteiger partial charge on any atom is -0.484 e. The molecule has 2 aliphatic rings. The van der Waals surface area contributed by atoms with Crippen molar-refractivity contribution in [2.24, 2.45) is 0 Å². The first-order valence-electron chi connectivity index (χ1n) is 13.2. The number of carboxylic acids is 1. The summed E-state index contributed by atoms with van der Waals surface area (Å²) in [7, 11) is 0. The van der Waals surface area contributed by atoms with Crippen molar-refractivity contribution in [3.05, 3.63) is 94.3 Å². The molecule has 9 nitrogen and oxygen atoms in total. The lowest BCUT2D eigenvalue weighted by Crippen LogP contribution is -2.32. The maximum absolute atomic E-state index is 14.9. The predicted octanol–water partition coefficient (Wildman–Crippen LogP) is 4.80. The number of aromatic carboxylic acids is 1. The molecule has 6 rings (SSSR count). The second-order valence-electron chi connectivity index (χ2n) is 10.1. The zero-order valence-electron chi connectivity index (χ0n) is 22.7. The Morgan fingerprint density at radius 3 is 2.63 bits per heavy atom. The van der Waals surface area contributed by atoms with Gasteiger partial charge in [0.05, 0.1) is 47.6 Å². The van der Waals surface area contributed by atoms with Crippen molar-refractivity contribution in [3.8, 4) is 11.8 Å². The third kappa shape index (κ3) is 6.22. The zero-order valence-corrected chi connectivity index (χ0v) is 23.7. The van der Waals surface area contributed by atoms with Crippen LogP contribution in [-0.4, -0.2) is 56.3 Å². The van der Waals surface area contributed by atoms with Crippen LogP contribution < -0.4 is 4.74 Å². The standard InChI is InChI=1S/C30H24F3N5O4.H2S/c31-21-2-3-24(35-25(21)16-42-27-4-1-17(12-34)9-22(27)32)18-5-7-37(13-18)15-28-36-29-23(33)10-19(30(39)40)11-26(29)38(28)14-20-6-8-41-20;/h1-5,9-11,20H,6-8,13-16H2,(H,39,40);1H2/t20-;/m0./s1. The van der Waals surface area contributed by atoms with E-state index >= 15 is 0 Å². The fraction of sp³-hybridized carbons (Fsp3) is 0.267. The number of nitrogens with zero attached hydrogens (tertiary/aromatic N) is 5. The summed E-state index contributed by atoms with van der Waals surface area (Å²) in [5, 5.41) is 18.3. The molecule has 2 aromatic carbocycles. The van der Waals surface area contributed by atoms with Gasteiger partial charge >= 0.3 is 5.97 Å². The summed E-state index contributed by atoms with van der Waals surface area (Å²) in [6.07, 6.45) is 2.73. The number of hydrogen-bond acceptors (Lipinski definition) is 7. The molecule has 0 bridgehead atoms. The minimum absolute atomic E-state index is 0. The number of halogens is 3. The van der Waals surface area contributed by atoms with Crippen LogP contribution in [0.2, 0.25) is 0 Å². The lowest BCUT2D eigenvalue weighted by atomic mass is 10.1. The fourth-order valence-corrected chi connectivity index (χ4v) is 5.02. The van der Waals surface area contributed by atoms with Gasteiger partial charge in [-0.25, -0.2) is 27.9 Å². The van der Waals surface area contributed by atoms with Crippen LogP contribution in [0, 0.1) is 28.8 Å². The van der Waals surface area contributed by atoms with Crippen molar-refractivity contribution >= 4 is 36.1 Å². The molecule has 0 unspecified atom stereocenters. The van der Waals surface area contributed by atoms with Gasteiger partial charge in [0, 0.05) is 19.7 Å². The fourth-order valence-electron chi connectivity index (χ4n) is 5.02. The largest absolute Gasteiger partial charge is 0.484 e. The topological polar surface area (TPSA) is 114 Å². The Morgan fingerprint density at radius 1 is 1.12 bits per heavy atom. The second-order valence-corrected chi connectivity index (χ2v) is 10.1. The van der Waals surface area contributed by atoms with E-state index in [9.17, 15) is 23.1 Å². The van der Waals surface area contributed by atoms with E-state index in [0.29, 0.717) is 49.8 Å². The number of carboxylic acid groups (broad SMARTS) is 1. The molecule has 43 heavy (non-hydrogen) atoms. The summed E-state index contributed by atoms with van der Waals surface area (Å²) < 4.78 is 56.4. The molecule has 1 atom stereocenters. The Morgan fingerprint density at radius 2 is 1.93 bits per heavy atom. The molecule has 1 saturated heterocycles. The highest BCUT2D eigenvalue weighted by Gasteiger charge is 2.26. The number of nitriles is 1. The van der Waals surface area contributed by atoms with Gasteiger partial charge in [-0.05, 0) is 54.5 Å². The van der Waals surface area contributed by atoms with Crippen LogP contribution >= 0.6 is 13.5 Å². The molecule has 13 heteroatoms. The Labute approximate surface area is 251 Å². The van der Waals surface area contributed by atoms with Gasteiger partial charge in [0.2, 0.25) is 0 Å². The highest BCUT2D eigenvalue weighted by Crippen LogP contribution is 2.28. The van der Waals surface area contributed by atoms with E-state index in [1.807, 2.05) is 16.7 Å². The average molecular weight is 610 g/mol. The summed E-state index contributed by atoms with van der Waals surface area (Å²) >= 11 is 0. The predicted molar refractivity (Wildman–Crippen MR) is 154 cm³/mol. The number of aromatic nitrogens is 3. The maximum Gasteiger partial charge on any atom is 0.335 e. The van der Waals surface area contributed by atoms with Gasteiger partial charge in [-0.1, -0.05) is 6.08 Å². The Bertz CT molecular complexity index is 1780. The van der Waals surface area contributed by atoms with Gasteiger partial charge in [0.25, 0.3) is 0 Å². The normalized spacial score (nSPS) is 16.3. The number of fused-ring (bicyclic) bond motifs is 1. The Kier molecular flexibility index (Phi) is 8.72. The summed E-state index contributed by atoms with van der Waals surface area (Å²) in [5.74, 6) is -2.80.